The van der Waals surface area contributed by atoms with Crippen LogP contribution >= 0.6 is 0 Å². The monoisotopic (exact) mass is 343 g/mol. The van der Waals surface area contributed by atoms with Crippen LogP contribution in [0.3, 0.4) is 0 Å². The minimum atomic E-state index is -0.269. The van der Waals surface area contributed by atoms with Crippen LogP contribution in [0.4, 0.5) is 4.39 Å². The van der Waals surface area contributed by atoms with Gasteiger partial charge in [0.1, 0.15) is 5.82 Å². The molecule has 0 N–H and O–H groups in total. The number of nitrogens with zero attached hydrogens (tertiary/aromatic N) is 3. The predicted molar refractivity (Wildman–Crippen MR) is 92.6 cm³/mol. The molecule has 1 aromatic heterocycles. The summed E-state index contributed by atoms with van der Waals surface area (Å²) in [6, 6.07) is 8.04. The van der Waals surface area contributed by atoms with Gasteiger partial charge in [-0.15, -0.1) is 0 Å². The summed E-state index contributed by atoms with van der Waals surface area (Å²) in [6.45, 7) is 2.22. The van der Waals surface area contributed by atoms with Crippen molar-refractivity contribution in [3.05, 3.63) is 59.7 Å². The Balaban J connectivity index is 1.47. The summed E-state index contributed by atoms with van der Waals surface area (Å²) in [4.78, 5) is 28.3. The van der Waals surface area contributed by atoms with Crippen LogP contribution in [0, 0.1) is 5.82 Å². The Kier molecular flexibility index (Phi) is 5.16. The average Bonchev–Trinajstić information content (AvgIpc) is 3.07. The lowest BCUT2D eigenvalue weighted by Crippen LogP contribution is -2.50. The molecule has 0 bridgehead atoms. The van der Waals surface area contributed by atoms with Crippen molar-refractivity contribution in [2.45, 2.75) is 12.8 Å². The molecule has 1 aliphatic rings. The molecule has 3 rings (SSSR count). The van der Waals surface area contributed by atoms with Crippen LogP contribution in [0.1, 0.15) is 22.3 Å². The van der Waals surface area contributed by atoms with Crippen molar-refractivity contribution < 1.29 is 14.0 Å². The first kappa shape index (κ1) is 17.2. The van der Waals surface area contributed by atoms with Crippen LogP contribution in [0.2, 0.25) is 0 Å². The van der Waals surface area contributed by atoms with E-state index in [1.165, 1.54) is 12.1 Å². The first-order valence-electron chi connectivity index (χ1n) is 8.46. The Bertz CT molecular complexity index is 746. The minimum absolute atomic E-state index is 0.0130. The summed E-state index contributed by atoms with van der Waals surface area (Å²) >= 11 is 0. The van der Waals surface area contributed by atoms with Crippen molar-refractivity contribution >= 4 is 11.8 Å². The van der Waals surface area contributed by atoms with Crippen LogP contribution < -0.4 is 0 Å². The van der Waals surface area contributed by atoms with E-state index in [9.17, 15) is 14.0 Å². The van der Waals surface area contributed by atoms with Gasteiger partial charge in [-0.3, -0.25) is 9.59 Å². The van der Waals surface area contributed by atoms with Crippen molar-refractivity contribution in [3.8, 4) is 0 Å². The van der Waals surface area contributed by atoms with E-state index < -0.39 is 0 Å². The molecule has 25 heavy (non-hydrogen) atoms. The Hall–Kier alpha value is -2.63. The van der Waals surface area contributed by atoms with Gasteiger partial charge in [0.2, 0.25) is 5.91 Å². The van der Waals surface area contributed by atoms with Crippen LogP contribution in [-0.4, -0.2) is 52.4 Å². The van der Waals surface area contributed by atoms with E-state index in [0.29, 0.717) is 44.6 Å². The molecule has 1 aliphatic heterocycles. The Morgan fingerprint density at radius 2 is 1.64 bits per heavy atom. The summed E-state index contributed by atoms with van der Waals surface area (Å²) in [5.74, 6) is -0.176. The van der Waals surface area contributed by atoms with Crippen molar-refractivity contribution in [1.29, 1.82) is 0 Å². The molecule has 1 fully saturated rings. The highest BCUT2D eigenvalue weighted by atomic mass is 19.1. The molecule has 5 nitrogen and oxygen atoms in total. The number of halogens is 1. The van der Waals surface area contributed by atoms with Crippen molar-refractivity contribution in [1.82, 2.24) is 14.4 Å². The number of hydrogen-bond acceptors (Lipinski definition) is 2. The third kappa shape index (κ3) is 4.26. The topological polar surface area (TPSA) is 45.6 Å². The number of carbonyl (C=O) groups excluding carboxylic acids is 2. The second-order valence-electron chi connectivity index (χ2n) is 6.37. The van der Waals surface area contributed by atoms with Gasteiger partial charge in [0, 0.05) is 52.0 Å². The van der Waals surface area contributed by atoms with Crippen molar-refractivity contribution in [2.75, 3.05) is 26.2 Å². The summed E-state index contributed by atoms with van der Waals surface area (Å²) in [7, 11) is 1.88. The number of piperazine rings is 1. The van der Waals surface area contributed by atoms with E-state index in [-0.39, 0.29) is 17.6 Å². The minimum Gasteiger partial charge on any atom is -0.356 e. The zero-order valence-electron chi connectivity index (χ0n) is 14.3. The fourth-order valence-electron chi connectivity index (χ4n) is 3.03. The maximum atomic E-state index is 12.9. The van der Waals surface area contributed by atoms with E-state index in [4.69, 9.17) is 0 Å². The molecular weight excluding hydrogens is 321 g/mol. The quantitative estimate of drug-likeness (QED) is 0.853. The molecule has 1 aromatic carbocycles. The highest BCUT2D eigenvalue weighted by molar-refractivity contribution is 5.94. The molecule has 0 atom stereocenters. The van der Waals surface area contributed by atoms with Crippen molar-refractivity contribution in [3.63, 3.8) is 0 Å². The third-order valence-corrected chi connectivity index (χ3v) is 4.54. The van der Waals surface area contributed by atoms with Gasteiger partial charge in [0.05, 0.1) is 5.56 Å². The molecule has 6 heteroatoms. The molecule has 0 saturated carbocycles. The van der Waals surface area contributed by atoms with Crippen LogP contribution in [-0.2, 0) is 18.3 Å². The van der Waals surface area contributed by atoms with Gasteiger partial charge in [-0.1, -0.05) is 12.1 Å². The van der Waals surface area contributed by atoms with Gasteiger partial charge in [0.15, 0.2) is 0 Å². The zero-order chi connectivity index (χ0) is 17.8. The standard InChI is InChI=1S/C19H22FN3O2/c1-21-9-8-16(14-21)19(25)23-12-10-22(11-13-23)18(24)7-4-15-2-5-17(20)6-3-15/h2-3,5-6,8-9,14H,4,7,10-13H2,1H3. The van der Waals surface area contributed by atoms with Crippen LogP contribution in [0.5, 0.6) is 0 Å². The maximum absolute atomic E-state index is 12.9. The van der Waals surface area contributed by atoms with Crippen molar-refractivity contribution in [2.24, 2.45) is 7.05 Å². The number of benzene rings is 1. The molecule has 0 radical (unpaired) electrons. The fourth-order valence-corrected chi connectivity index (χ4v) is 3.03. The molecule has 2 heterocycles. The molecular formula is C19H22FN3O2. The Morgan fingerprint density at radius 1 is 1.00 bits per heavy atom. The lowest BCUT2D eigenvalue weighted by Gasteiger charge is -2.34. The van der Waals surface area contributed by atoms with E-state index in [1.807, 2.05) is 30.1 Å². The molecule has 132 valence electrons. The predicted octanol–water partition coefficient (Wildman–Crippen LogP) is 2.08. The summed E-state index contributed by atoms with van der Waals surface area (Å²) in [5, 5.41) is 0. The summed E-state index contributed by atoms with van der Waals surface area (Å²) in [6.07, 6.45) is 4.66. The third-order valence-electron chi connectivity index (χ3n) is 4.54. The van der Waals surface area contributed by atoms with E-state index in [1.54, 1.807) is 21.9 Å². The van der Waals surface area contributed by atoms with Gasteiger partial charge < -0.3 is 14.4 Å². The van der Waals surface area contributed by atoms with Crippen LogP contribution in [0.15, 0.2) is 42.7 Å². The van der Waals surface area contributed by atoms with Crippen LogP contribution in [0.25, 0.3) is 0 Å². The van der Waals surface area contributed by atoms with Gasteiger partial charge in [0.25, 0.3) is 5.91 Å². The number of rotatable bonds is 4. The normalized spacial score (nSPS) is 14.6. The van der Waals surface area contributed by atoms with Gasteiger partial charge in [-0.05, 0) is 30.2 Å². The number of aromatic nitrogens is 1. The lowest BCUT2D eigenvalue weighted by molar-refractivity contribution is -0.132. The highest BCUT2D eigenvalue weighted by Crippen LogP contribution is 2.12. The maximum Gasteiger partial charge on any atom is 0.255 e. The number of aryl methyl sites for hydroxylation is 2. The highest BCUT2D eigenvalue weighted by Gasteiger charge is 2.24. The summed E-state index contributed by atoms with van der Waals surface area (Å²) in [5.41, 5.74) is 1.63. The van der Waals surface area contributed by atoms with Gasteiger partial charge in [-0.2, -0.15) is 0 Å². The molecule has 0 aliphatic carbocycles. The van der Waals surface area contributed by atoms with E-state index >= 15 is 0 Å². The number of carbonyl (C=O) groups is 2. The first-order chi connectivity index (χ1) is 12.0. The smallest absolute Gasteiger partial charge is 0.255 e. The molecule has 1 saturated heterocycles. The fraction of sp³-hybridized carbons (Fsp3) is 0.368. The average molecular weight is 343 g/mol. The lowest BCUT2D eigenvalue weighted by atomic mass is 10.1. The SMILES string of the molecule is Cn1ccc(C(=O)N2CCN(C(=O)CCc3ccc(F)cc3)CC2)c1. The number of amides is 2. The Morgan fingerprint density at radius 3 is 2.24 bits per heavy atom. The Labute approximate surface area is 146 Å². The van der Waals surface area contributed by atoms with E-state index in [0.717, 1.165) is 5.56 Å². The summed E-state index contributed by atoms with van der Waals surface area (Å²) < 4.78 is 14.7. The largest absolute Gasteiger partial charge is 0.356 e. The zero-order valence-corrected chi connectivity index (χ0v) is 14.3. The second-order valence-corrected chi connectivity index (χ2v) is 6.37. The van der Waals surface area contributed by atoms with E-state index in [2.05, 4.69) is 0 Å². The van der Waals surface area contributed by atoms with Gasteiger partial charge in [-0.25, -0.2) is 4.39 Å². The molecule has 0 spiro atoms. The first-order valence-corrected chi connectivity index (χ1v) is 8.46. The molecule has 0 unspecified atom stereocenters. The number of hydrogen-bond donors (Lipinski definition) is 0. The second kappa shape index (κ2) is 7.51. The van der Waals surface area contributed by atoms with Gasteiger partial charge >= 0.3 is 0 Å². The molecule has 2 aromatic rings. The molecule has 2 amide bonds.